The van der Waals surface area contributed by atoms with Crippen LogP contribution < -0.4 is 10.5 Å². The second kappa shape index (κ2) is 11.4. The van der Waals surface area contributed by atoms with Crippen LogP contribution in [-0.2, 0) is 6.42 Å². The van der Waals surface area contributed by atoms with E-state index in [-0.39, 0.29) is 12.8 Å². The molecule has 0 amide bonds. The smallest absolute Gasteiger partial charge is 0.126 e. The lowest BCUT2D eigenvalue weighted by molar-refractivity contribution is 0.198. The Labute approximate surface area is 237 Å². The molecule has 2 aliphatic heterocycles. The Morgan fingerprint density at radius 2 is 1.75 bits per heavy atom. The maximum atomic E-state index is 12.6. The fraction of sp³-hybridized carbons (Fsp3) is 0.343. The monoisotopic (exact) mass is 535 g/mol. The van der Waals surface area contributed by atoms with E-state index in [1.807, 2.05) is 6.08 Å². The molecular formula is C35H38FN3O. The minimum Gasteiger partial charge on any atom is -0.489 e. The number of allylic oxidation sites excluding steroid dienone is 2. The Kier molecular flexibility index (Phi) is 7.57. The number of hydrogen-bond donors (Lipinski definition) is 1. The van der Waals surface area contributed by atoms with Gasteiger partial charge in [0, 0.05) is 31.3 Å². The van der Waals surface area contributed by atoms with E-state index in [0.717, 1.165) is 62.3 Å². The largest absolute Gasteiger partial charge is 0.489 e. The lowest BCUT2D eigenvalue weighted by atomic mass is 9.85. The summed E-state index contributed by atoms with van der Waals surface area (Å²) in [5.74, 6) is 1.49. The van der Waals surface area contributed by atoms with E-state index in [2.05, 4.69) is 84.4 Å². The molecule has 3 aromatic rings. The SMILES string of the molecule is Cc1ccc(C2=C(c3ccc(OC4CCN(CCCF)C4)cc3)c3ccc(C4=NC(N)=C4)cc3CCC2)c(C)c1. The van der Waals surface area contributed by atoms with Gasteiger partial charge in [-0.1, -0.05) is 48.0 Å². The van der Waals surface area contributed by atoms with Gasteiger partial charge in [-0.3, -0.25) is 9.29 Å². The normalized spacial score (nSPS) is 19.0. The van der Waals surface area contributed by atoms with Crippen LogP contribution in [0.15, 0.2) is 77.6 Å². The number of rotatable bonds is 8. The summed E-state index contributed by atoms with van der Waals surface area (Å²) in [5.41, 5.74) is 18.4. The third-order valence-electron chi connectivity index (χ3n) is 8.37. The van der Waals surface area contributed by atoms with Crippen molar-refractivity contribution in [3.05, 3.63) is 112 Å². The summed E-state index contributed by atoms with van der Waals surface area (Å²) in [6.07, 6.45) is 6.82. The van der Waals surface area contributed by atoms with E-state index >= 15 is 0 Å². The van der Waals surface area contributed by atoms with Crippen LogP contribution in [-0.4, -0.2) is 43.0 Å². The van der Waals surface area contributed by atoms with Gasteiger partial charge in [-0.15, -0.1) is 0 Å². The Balaban J connectivity index is 1.35. The molecule has 1 atom stereocenters. The molecule has 2 N–H and O–H groups in total. The van der Waals surface area contributed by atoms with Crippen LogP contribution in [0.4, 0.5) is 4.39 Å². The van der Waals surface area contributed by atoms with Crippen molar-refractivity contribution in [2.75, 3.05) is 26.3 Å². The lowest BCUT2D eigenvalue weighted by Crippen LogP contribution is -2.26. The number of hydrogen-bond acceptors (Lipinski definition) is 4. The highest BCUT2D eigenvalue weighted by molar-refractivity contribution is 6.13. The zero-order valence-corrected chi connectivity index (χ0v) is 23.6. The molecule has 0 aromatic heterocycles. The van der Waals surface area contributed by atoms with Crippen LogP contribution in [0.3, 0.4) is 0 Å². The van der Waals surface area contributed by atoms with Gasteiger partial charge in [0.05, 0.1) is 12.4 Å². The molecule has 0 saturated carbocycles. The number of fused-ring (bicyclic) bond motifs is 1. The standard InChI is InChI=1S/C35H38FN3O/c1-23-7-13-30(24(2)19-23)32-6-3-5-26-20-27(33-21-34(37)38-33)10-14-31(26)35(32)25-8-11-28(12-9-25)40-29-15-18-39(22-29)17-4-16-36/h7-14,19-21,29H,3-6,15-18,22H2,1-2H3,(H2,37,38). The van der Waals surface area contributed by atoms with E-state index in [9.17, 15) is 4.39 Å². The van der Waals surface area contributed by atoms with Gasteiger partial charge >= 0.3 is 0 Å². The number of benzene rings is 3. The van der Waals surface area contributed by atoms with Gasteiger partial charge in [0.1, 0.15) is 17.7 Å². The molecule has 1 unspecified atom stereocenters. The fourth-order valence-corrected chi connectivity index (χ4v) is 6.40. The van der Waals surface area contributed by atoms with Gasteiger partial charge in [0.15, 0.2) is 0 Å². The summed E-state index contributed by atoms with van der Waals surface area (Å²) < 4.78 is 18.9. The summed E-state index contributed by atoms with van der Waals surface area (Å²) >= 11 is 0. The molecule has 3 aromatic carbocycles. The second-order valence-electron chi connectivity index (χ2n) is 11.4. The van der Waals surface area contributed by atoms with E-state index in [4.69, 9.17) is 10.5 Å². The summed E-state index contributed by atoms with van der Waals surface area (Å²) in [6, 6.07) is 22.2. The lowest BCUT2D eigenvalue weighted by Gasteiger charge is -2.20. The van der Waals surface area contributed by atoms with Gasteiger partial charge in [-0.2, -0.15) is 0 Å². The van der Waals surface area contributed by atoms with Crippen molar-refractivity contribution in [2.45, 2.75) is 52.1 Å². The first-order valence-electron chi connectivity index (χ1n) is 14.5. The van der Waals surface area contributed by atoms with Crippen molar-refractivity contribution in [1.82, 2.24) is 4.90 Å². The van der Waals surface area contributed by atoms with Crippen molar-refractivity contribution in [2.24, 2.45) is 10.7 Å². The van der Waals surface area contributed by atoms with Gasteiger partial charge < -0.3 is 10.5 Å². The van der Waals surface area contributed by atoms with Crippen LogP contribution in [0.5, 0.6) is 5.75 Å². The molecule has 4 nitrogen and oxygen atoms in total. The van der Waals surface area contributed by atoms with Gasteiger partial charge in [0.25, 0.3) is 0 Å². The number of aryl methyl sites for hydroxylation is 3. The number of likely N-dealkylation sites (tertiary alicyclic amines) is 1. The highest BCUT2D eigenvalue weighted by Gasteiger charge is 2.25. The van der Waals surface area contributed by atoms with Crippen LogP contribution in [0.1, 0.15) is 64.6 Å². The number of alkyl halides is 1. The summed E-state index contributed by atoms with van der Waals surface area (Å²) in [5, 5.41) is 0. The van der Waals surface area contributed by atoms with Crippen LogP contribution in [0, 0.1) is 13.8 Å². The molecule has 1 saturated heterocycles. The van der Waals surface area contributed by atoms with Crippen molar-refractivity contribution in [3.8, 4) is 5.75 Å². The highest BCUT2D eigenvalue weighted by atomic mass is 19.1. The van der Waals surface area contributed by atoms with Crippen molar-refractivity contribution >= 4 is 16.9 Å². The van der Waals surface area contributed by atoms with Crippen molar-refractivity contribution in [3.63, 3.8) is 0 Å². The molecule has 0 bridgehead atoms. The predicted octanol–water partition coefficient (Wildman–Crippen LogP) is 7.01. The van der Waals surface area contributed by atoms with Crippen molar-refractivity contribution in [1.29, 1.82) is 0 Å². The molecule has 1 aliphatic carbocycles. The Morgan fingerprint density at radius 3 is 2.50 bits per heavy atom. The summed E-state index contributed by atoms with van der Waals surface area (Å²) in [6.45, 7) is 6.78. The molecule has 0 radical (unpaired) electrons. The minimum absolute atomic E-state index is 0.157. The average Bonchev–Trinajstić information content (AvgIpc) is 3.29. The first kappa shape index (κ1) is 26.5. The Hall–Kier alpha value is -3.70. The zero-order chi connectivity index (χ0) is 27.6. The predicted molar refractivity (Wildman–Crippen MR) is 163 cm³/mol. The molecule has 5 heteroatoms. The van der Waals surface area contributed by atoms with E-state index in [0.29, 0.717) is 12.2 Å². The molecule has 3 aliphatic rings. The van der Waals surface area contributed by atoms with Crippen LogP contribution in [0.2, 0.25) is 0 Å². The zero-order valence-electron chi connectivity index (χ0n) is 23.6. The van der Waals surface area contributed by atoms with Gasteiger partial charge in [-0.25, -0.2) is 4.99 Å². The first-order valence-corrected chi connectivity index (χ1v) is 14.5. The third-order valence-corrected chi connectivity index (χ3v) is 8.37. The Morgan fingerprint density at radius 1 is 0.975 bits per heavy atom. The number of aliphatic imine (C=N–C) groups is 1. The van der Waals surface area contributed by atoms with Crippen LogP contribution >= 0.6 is 0 Å². The van der Waals surface area contributed by atoms with Crippen LogP contribution in [0.25, 0.3) is 11.1 Å². The molecule has 40 heavy (non-hydrogen) atoms. The number of ether oxygens (including phenoxy) is 1. The van der Waals surface area contributed by atoms with E-state index in [1.165, 1.54) is 44.5 Å². The van der Waals surface area contributed by atoms with E-state index in [1.54, 1.807) is 0 Å². The third kappa shape index (κ3) is 5.48. The van der Waals surface area contributed by atoms with Gasteiger partial charge in [0.2, 0.25) is 0 Å². The highest BCUT2D eigenvalue weighted by Crippen LogP contribution is 2.41. The quantitative estimate of drug-likeness (QED) is 0.337. The Bertz CT molecular complexity index is 1500. The maximum Gasteiger partial charge on any atom is 0.126 e. The average molecular weight is 536 g/mol. The minimum atomic E-state index is -0.256. The summed E-state index contributed by atoms with van der Waals surface area (Å²) in [7, 11) is 0. The molecule has 6 rings (SSSR count). The first-order chi connectivity index (χ1) is 19.5. The van der Waals surface area contributed by atoms with Crippen molar-refractivity contribution < 1.29 is 9.13 Å². The molecule has 1 fully saturated rings. The van der Waals surface area contributed by atoms with Gasteiger partial charge in [-0.05, 0) is 103 Å². The number of nitrogens with two attached hydrogens (primary N) is 1. The molecular weight excluding hydrogens is 497 g/mol. The maximum absolute atomic E-state index is 12.6. The second-order valence-corrected chi connectivity index (χ2v) is 11.4. The topological polar surface area (TPSA) is 50.8 Å². The molecule has 206 valence electrons. The number of nitrogens with zero attached hydrogens (tertiary/aromatic N) is 2. The number of halogens is 1. The summed E-state index contributed by atoms with van der Waals surface area (Å²) in [4.78, 5) is 6.71. The van der Waals surface area contributed by atoms with E-state index < -0.39 is 0 Å². The fourth-order valence-electron chi connectivity index (χ4n) is 6.40. The molecule has 0 spiro atoms. The molecule has 2 heterocycles.